The molecule has 0 amide bonds. The van der Waals surface area contributed by atoms with E-state index in [0.717, 1.165) is 24.1 Å². The van der Waals surface area contributed by atoms with E-state index in [2.05, 4.69) is 15.1 Å². The van der Waals surface area contributed by atoms with Crippen molar-refractivity contribution in [3.63, 3.8) is 0 Å². The molecule has 1 saturated heterocycles. The fourth-order valence-electron chi connectivity index (χ4n) is 2.89. The van der Waals surface area contributed by atoms with Crippen LogP contribution in [-0.4, -0.2) is 64.9 Å². The van der Waals surface area contributed by atoms with Crippen LogP contribution in [0.1, 0.15) is 38.5 Å². The zero-order valence-electron chi connectivity index (χ0n) is 16.0. The Morgan fingerprint density at radius 1 is 1.44 bits per heavy atom. The Morgan fingerprint density at radius 3 is 3.00 bits per heavy atom. The first-order valence-electron chi connectivity index (χ1n) is 8.96. The molecule has 9 nitrogen and oxygen atoms in total. The van der Waals surface area contributed by atoms with Crippen molar-refractivity contribution in [1.29, 1.82) is 0 Å². The van der Waals surface area contributed by atoms with Gasteiger partial charge in [0.05, 0.1) is 24.2 Å². The molecule has 0 N–H and O–H groups in total. The number of carbonyl (C=O) groups excluding carboxylic acids is 1. The summed E-state index contributed by atoms with van der Waals surface area (Å²) in [7, 11) is 3.80. The normalized spacial score (nSPS) is 19.9. The molecule has 0 bridgehead atoms. The van der Waals surface area contributed by atoms with Gasteiger partial charge in [0.2, 0.25) is 0 Å². The fourth-order valence-corrected chi connectivity index (χ4v) is 2.89. The molecule has 0 radical (unpaired) electrons. The van der Waals surface area contributed by atoms with Gasteiger partial charge in [0.1, 0.15) is 24.6 Å². The molecule has 0 saturated carbocycles. The van der Waals surface area contributed by atoms with Gasteiger partial charge in [0, 0.05) is 14.1 Å². The van der Waals surface area contributed by atoms with Crippen molar-refractivity contribution in [3.05, 3.63) is 24.2 Å². The van der Waals surface area contributed by atoms with E-state index >= 15 is 0 Å². The van der Waals surface area contributed by atoms with Gasteiger partial charge in [-0.2, -0.15) is 5.10 Å². The molecular formula is C18H25N5O4. The Morgan fingerprint density at radius 2 is 2.26 bits per heavy atom. The number of aromatic nitrogens is 3. The van der Waals surface area contributed by atoms with Crippen LogP contribution >= 0.6 is 0 Å². The molecule has 1 fully saturated rings. The van der Waals surface area contributed by atoms with Crippen molar-refractivity contribution < 1.29 is 19.0 Å². The Kier molecular flexibility index (Phi) is 5.90. The minimum absolute atomic E-state index is 0.122. The molecule has 3 heterocycles. The second-order valence-corrected chi connectivity index (χ2v) is 6.90. The summed E-state index contributed by atoms with van der Waals surface area (Å²) in [6.07, 6.45) is 3.65. The molecule has 3 rings (SSSR count). The van der Waals surface area contributed by atoms with Gasteiger partial charge < -0.3 is 19.1 Å². The van der Waals surface area contributed by atoms with E-state index in [-0.39, 0.29) is 24.9 Å². The number of fused-ring (bicyclic) bond motifs is 1. The number of hydrogen-bond donors (Lipinski definition) is 0. The zero-order valence-corrected chi connectivity index (χ0v) is 16.0. The van der Waals surface area contributed by atoms with Crippen LogP contribution in [0, 0.1) is 0 Å². The van der Waals surface area contributed by atoms with Gasteiger partial charge in [-0.15, -0.1) is 0 Å². The van der Waals surface area contributed by atoms with Crippen LogP contribution in [0.5, 0.6) is 0 Å². The summed E-state index contributed by atoms with van der Waals surface area (Å²) in [5, 5.41) is 4.34. The SMILES string of the molecule is CC(C)OC(=O)OCC1CCC(c2ccc3c(N=CN(C)C)ncnn23)O1. The number of aliphatic imine (C=N–C) groups is 1. The molecule has 0 spiro atoms. The minimum Gasteiger partial charge on any atom is -0.432 e. The topological polar surface area (TPSA) is 90.6 Å². The monoisotopic (exact) mass is 375 g/mol. The zero-order chi connectivity index (χ0) is 19.4. The molecule has 0 aliphatic carbocycles. The molecule has 2 atom stereocenters. The van der Waals surface area contributed by atoms with Crippen LogP contribution in [0.15, 0.2) is 23.5 Å². The Balaban J connectivity index is 1.66. The van der Waals surface area contributed by atoms with Crippen molar-refractivity contribution in [2.45, 2.75) is 45.0 Å². The van der Waals surface area contributed by atoms with Gasteiger partial charge in [-0.25, -0.2) is 19.3 Å². The van der Waals surface area contributed by atoms with Gasteiger partial charge in [-0.05, 0) is 38.8 Å². The molecule has 27 heavy (non-hydrogen) atoms. The van der Waals surface area contributed by atoms with E-state index in [9.17, 15) is 4.79 Å². The molecule has 2 aromatic rings. The van der Waals surface area contributed by atoms with Crippen LogP contribution < -0.4 is 0 Å². The lowest BCUT2D eigenvalue weighted by Crippen LogP contribution is -2.21. The Hall–Kier alpha value is -2.68. The third kappa shape index (κ3) is 4.73. The predicted molar refractivity (Wildman–Crippen MR) is 99.2 cm³/mol. The van der Waals surface area contributed by atoms with E-state index in [4.69, 9.17) is 14.2 Å². The molecular weight excluding hydrogens is 350 g/mol. The molecule has 1 aliphatic heterocycles. The standard InChI is InChI=1S/C18H25N5O4/c1-12(2)26-18(24)25-9-13-5-8-16(27-13)14-6-7-15-17(20-11-22(3)4)19-10-21-23(14)15/h6-7,10-13,16H,5,8-9H2,1-4H3. The Labute approximate surface area is 157 Å². The van der Waals surface area contributed by atoms with Gasteiger partial charge in [-0.3, -0.25) is 0 Å². The highest BCUT2D eigenvalue weighted by atomic mass is 16.7. The summed E-state index contributed by atoms with van der Waals surface area (Å²) in [6, 6.07) is 3.91. The van der Waals surface area contributed by atoms with E-state index in [1.807, 2.05) is 31.1 Å². The lowest BCUT2D eigenvalue weighted by Gasteiger charge is -2.14. The van der Waals surface area contributed by atoms with E-state index < -0.39 is 6.16 Å². The number of hydrogen-bond acceptors (Lipinski definition) is 7. The average molecular weight is 375 g/mol. The molecule has 2 aromatic heterocycles. The summed E-state index contributed by atoms with van der Waals surface area (Å²) >= 11 is 0. The number of nitrogens with zero attached hydrogens (tertiary/aromatic N) is 5. The second kappa shape index (κ2) is 8.34. The van der Waals surface area contributed by atoms with E-state index in [1.165, 1.54) is 6.33 Å². The van der Waals surface area contributed by atoms with E-state index in [1.54, 1.807) is 24.7 Å². The lowest BCUT2D eigenvalue weighted by molar-refractivity contribution is -0.0236. The van der Waals surface area contributed by atoms with Crippen molar-refractivity contribution in [2.24, 2.45) is 4.99 Å². The predicted octanol–water partition coefficient (Wildman–Crippen LogP) is 2.73. The molecule has 2 unspecified atom stereocenters. The number of rotatable bonds is 6. The summed E-state index contributed by atoms with van der Waals surface area (Å²) in [5.41, 5.74) is 1.75. The van der Waals surface area contributed by atoms with Crippen molar-refractivity contribution in [1.82, 2.24) is 19.5 Å². The summed E-state index contributed by atoms with van der Waals surface area (Å²) in [6.45, 7) is 3.73. The van der Waals surface area contributed by atoms with Crippen LogP contribution in [0.3, 0.4) is 0 Å². The first-order chi connectivity index (χ1) is 12.9. The minimum atomic E-state index is -0.665. The van der Waals surface area contributed by atoms with Gasteiger partial charge in [-0.1, -0.05) is 0 Å². The van der Waals surface area contributed by atoms with E-state index in [0.29, 0.717) is 5.82 Å². The summed E-state index contributed by atoms with van der Waals surface area (Å²) in [5.74, 6) is 0.597. The first-order valence-corrected chi connectivity index (χ1v) is 8.96. The highest BCUT2D eigenvalue weighted by molar-refractivity contribution is 5.70. The van der Waals surface area contributed by atoms with Crippen LogP contribution in [-0.2, 0) is 14.2 Å². The van der Waals surface area contributed by atoms with Crippen molar-refractivity contribution >= 4 is 23.8 Å². The van der Waals surface area contributed by atoms with Crippen molar-refractivity contribution in [3.8, 4) is 0 Å². The third-order valence-electron chi connectivity index (χ3n) is 4.03. The maximum atomic E-state index is 11.5. The largest absolute Gasteiger partial charge is 0.508 e. The first kappa shape index (κ1) is 19.1. The fraction of sp³-hybridized carbons (Fsp3) is 0.556. The quantitative estimate of drug-likeness (QED) is 0.435. The maximum absolute atomic E-state index is 11.5. The highest BCUT2D eigenvalue weighted by Crippen LogP contribution is 2.34. The molecule has 0 aromatic carbocycles. The number of carbonyl (C=O) groups is 1. The lowest BCUT2D eigenvalue weighted by atomic mass is 10.1. The summed E-state index contributed by atoms with van der Waals surface area (Å²) in [4.78, 5) is 22.0. The maximum Gasteiger partial charge on any atom is 0.508 e. The number of ether oxygens (including phenoxy) is 3. The van der Waals surface area contributed by atoms with Crippen LogP contribution in [0.4, 0.5) is 10.6 Å². The average Bonchev–Trinajstić information content (AvgIpc) is 3.24. The van der Waals surface area contributed by atoms with Gasteiger partial charge in [0.15, 0.2) is 5.82 Å². The van der Waals surface area contributed by atoms with Crippen molar-refractivity contribution in [2.75, 3.05) is 20.7 Å². The second-order valence-electron chi connectivity index (χ2n) is 6.90. The molecule has 1 aliphatic rings. The van der Waals surface area contributed by atoms with Gasteiger partial charge in [0.25, 0.3) is 0 Å². The van der Waals surface area contributed by atoms with Gasteiger partial charge >= 0.3 is 6.16 Å². The Bertz CT molecular complexity index is 817. The highest BCUT2D eigenvalue weighted by Gasteiger charge is 2.30. The molecule has 9 heteroatoms. The smallest absolute Gasteiger partial charge is 0.432 e. The summed E-state index contributed by atoms with van der Waals surface area (Å²) < 4.78 is 17.9. The van der Waals surface area contributed by atoms with Crippen LogP contribution in [0.25, 0.3) is 5.52 Å². The van der Waals surface area contributed by atoms with Crippen LogP contribution in [0.2, 0.25) is 0 Å². The molecule has 146 valence electrons. The third-order valence-corrected chi connectivity index (χ3v) is 4.03.